The van der Waals surface area contributed by atoms with Crippen LogP contribution in [0.3, 0.4) is 0 Å². The largest absolute Gasteiger partial charge is 0.392 e. The summed E-state index contributed by atoms with van der Waals surface area (Å²) in [4.78, 5) is 0. The van der Waals surface area contributed by atoms with Crippen molar-refractivity contribution in [3.63, 3.8) is 0 Å². The van der Waals surface area contributed by atoms with Crippen LogP contribution < -0.4 is 0 Å². The van der Waals surface area contributed by atoms with Crippen LogP contribution in [0.4, 0.5) is 13.2 Å². The van der Waals surface area contributed by atoms with Gasteiger partial charge >= 0.3 is 6.18 Å². The molecule has 0 aliphatic carbocycles. The highest BCUT2D eigenvalue weighted by Gasteiger charge is 2.51. The van der Waals surface area contributed by atoms with E-state index in [1.807, 2.05) is 43.4 Å². The van der Waals surface area contributed by atoms with Gasteiger partial charge in [-0.15, -0.1) is 0 Å². The normalized spacial score (nSPS) is 21.0. The zero-order valence-corrected chi connectivity index (χ0v) is 10.7. The minimum absolute atomic E-state index is 0.359. The Kier molecular flexibility index (Phi) is 3.73. The summed E-state index contributed by atoms with van der Waals surface area (Å²) in [6.07, 6.45) is -4.11. The molecule has 13 heavy (non-hydrogen) atoms. The number of alkyl halides is 4. The zero-order valence-electron chi connectivity index (χ0n) is 8.59. The molecule has 4 heteroatoms. The van der Waals surface area contributed by atoms with Crippen molar-refractivity contribution in [1.29, 1.82) is 0 Å². The highest BCUT2D eigenvalue weighted by Crippen LogP contribution is 2.49. The van der Waals surface area contributed by atoms with Crippen LogP contribution in [0.25, 0.3) is 0 Å². The van der Waals surface area contributed by atoms with Crippen molar-refractivity contribution in [1.82, 2.24) is 0 Å². The van der Waals surface area contributed by atoms with Crippen LogP contribution in [0.15, 0.2) is 0 Å². The van der Waals surface area contributed by atoms with E-state index in [4.69, 9.17) is 0 Å². The van der Waals surface area contributed by atoms with Gasteiger partial charge in [-0.25, -0.2) is 0 Å². The Morgan fingerprint density at radius 1 is 1.00 bits per heavy atom. The van der Waals surface area contributed by atoms with Crippen LogP contribution in [0, 0.1) is 11.3 Å². The molecule has 0 heterocycles. The second-order valence-corrected chi connectivity index (χ2v) is 6.83. The number of hydrogen-bond donors (Lipinski definition) is 0. The van der Waals surface area contributed by atoms with Gasteiger partial charge in [0.1, 0.15) is 0 Å². The van der Waals surface area contributed by atoms with Crippen molar-refractivity contribution in [2.24, 2.45) is 11.3 Å². The summed E-state index contributed by atoms with van der Waals surface area (Å²) in [6.45, 7) is 8.41. The van der Waals surface area contributed by atoms with E-state index in [9.17, 15) is 13.2 Å². The van der Waals surface area contributed by atoms with Gasteiger partial charge in [0.2, 0.25) is 0 Å². The molecule has 0 rings (SSSR count). The molecule has 0 N–H and O–H groups in total. The Morgan fingerprint density at radius 2 is 1.31 bits per heavy atom. The molecule has 0 aromatic heterocycles. The maximum Gasteiger partial charge on any atom is 0.392 e. The van der Waals surface area contributed by atoms with Crippen LogP contribution in [-0.4, -0.2) is 9.60 Å². The van der Waals surface area contributed by atoms with Crippen LogP contribution in [0.2, 0.25) is 0 Å². The van der Waals surface area contributed by atoms with Crippen LogP contribution in [0.1, 0.15) is 34.6 Å². The Balaban J connectivity index is 4.86. The summed E-state index contributed by atoms with van der Waals surface area (Å²) in [5.41, 5.74) is -0.359. The molecule has 2 unspecified atom stereocenters. The molecule has 2 atom stereocenters. The first-order valence-electron chi connectivity index (χ1n) is 4.16. The molecule has 0 aliphatic heterocycles. The lowest BCUT2D eigenvalue weighted by Gasteiger charge is -2.42. The fraction of sp³-hybridized carbons (Fsp3) is 1.00. The van der Waals surface area contributed by atoms with Crippen molar-refractivity contribution < 1.29 is 13.2 Å². The van der Waals surface area contributed by atoms with E-state index < -0.39 is 15.5 Å². The lowest BCUT2D eigenvalue weighted by Crippen LogP contribution is -2.46. The third kappa shape index (κ3) is 2.99. The van der Waals surface area contributed by atoms with E-state index >= 15 is 0 Å². The van der Waals surface area contributed by atoms with Gasteiger partial charge in [0.15, 0.2) is 0 Å². The summed E-state index contributed by atoms with van der Waals surface area (Å²) < 4.78 is 36.6. The van der Waals surface area contributed by atoms with Crippen molar-refractivity contribution >= 4 is 22.6 Å². The van der Waals surface area contributed by atoms with Crippen LogP contribution in [-0.2, 0) is 0 Å². The summed E-state index contributed by atoms with van der Waals surface area (Å²) in [7, 11) is 0. The molecule has 0 saturated carbocycles. The quantitative estimate of drug-likeness (QED) is 0.497. The van der Waals surface area contributed by atoms with Gasteiger partial charge in [-0.1, -0.05) is 50.3 Å². The minimum atomic E-state index is -4.11. The second kappa shape index (κ2) is 3.59. The highest BCUT2D eigenvalue weighted by molar-refractivity contribution is 14.1. The van der Waals surface area contributed by atoms with E-state index in [0.29, 0.717) is 0 Å². The average molecular weight is 308 g/mol. The lowest BCUT2D eigenvalue weighted by atomic mass is 9.74. The van der Waals surface area contributed by atoms with Gasteiger partial charge in [-0.3, -0.25) is 0 Å². The molecule has 0 aliphatic rings. The molecule has 80 valence electrons. The maximum atomic E-state index is 12.5. The molecule has 0 bridgehead atoms. The molecule has 0 fully saturated rings. The Bertz CT molecular complexity index is 176. The third-order valence-corrected chi connectivity index (χ3v) is 5.32. The Labute approximate surface area is 91.4 Å². The van der Waals surface area contributed by atoms with Crippen molar-refractivity contribution in [3.05, 3.63) is 0 Å². The van der Waals surface area contributed by atoms with Gasteiger partial charge in [-0.2, -0.15) is 13.2 Å². The first-order valence-corrected chi connectivity index (χ1v) is 5.24. The van der Waals surface area contributed by atoms with E-state index in [-0.39, 0.29) is 5.41 Å². The van der Waals surface area contributed by atoms with Gasteiger partial charge in [-0.05, 0) is 12.3 Å². The fourth-order valence-electron chi connectivity index (χ4n) is 0.957. The molecular formula is C9H16F3I. The number of halogens is 4. The van der Waals surface area contributed by atoms with Gasteiger partial charge < -0.3 is 0 Å². The summed E-state index contributed by atoms with van der Waals surface area (Å²) in [5.74, 6) is -1.29. The average Bonchev–Trinajstić information content (AvgIpc) is 1.81. The molecule has 0 radical (unpaired) electrons. The van der Waals surface area contributed by atoms with Gasteiger partial charge in [0.25, 0.3) is 0 Å². The van der Waals surface area contributed by atoms with E-state index in [1.54, 1.807) is 6.92 Å². The van der Waals surface area contributed by atoms with Crippen molar-refractivity contribution in [2.45, 2.75) is 44.2 Å². The van der Waals surface area contributed by atoms with Gasteiger partial charge in [0, 0.05) is 3.42 Å². The summed E-state index contributed by atoms with van der Waals surface area (Å²) in [6, 6.07) is 0. The van der Waals surface area contributed by atoms with Crippen molar-refractivity contribution in [2.75, 3.05) is 0 Å². The van der Waals surface area contributed by atoms with E-state index in [0.717, 1.165) is 0 Å². The molecule has 0 aromatic rings. The molecule has 0 nitrogen and oxygen atoms in total. The Hall–Kier alpha value is 0.520. The first kappa shape index (κ1) is 13.5. The molecular weight excluding hydrogens is 292 g/mol. The molecule has 0 aromatic carbocycles. The Morgan fingerprint density at radius 3 is 1.38 bits per heavy atom. The summed E-state index contributed by atoms with van der Waals surface area (Å²) >= 11 is 1.91. The van der Waals surface area contributed by atoms with E-state index in [1.165, 1.54) is 6.92 Å². The van der Waals surface area contributed by atoms with Crippen LogP contribution in [0.5, 0.6) is 0 Å². The standard InChI is InChI=1S/C9H16F3I/c1-6(9(10,11)12)8(5,13)7(2,3)4/h6H,1-5H3. The van der Waals surface area contributed by atoms with E-state index in [2.05, 4.69) is 0 Å². The maximum absolute atomic E-state index is 12.5. The molecule has 0 saturated heterocycles. The predicted molar refractivity (Wildman–Crippen MR) is 57.1 cm³/mol. The highest BCUT2D eigenvalue weighted by atomic mass is 127. The lowest BCUT2D eigenvalue weighted by molar-refractivity contribution is -0.182. The van der Waals surface area contributed by atoms with Crippen molar-refractivity contribution in [3.8, 4) is 0 Å². The second-order valence-electron chi connectivity index (χ2n) is 4.59. The fourth-order valence-corrected chi connectivity index (χ4v) is 1.31. The molecule has 0 spiro atoms. The number of hydrogen-bond acceptors (Lipinski definition) is 0. The predicted octanol–water partition coefficient (Wildman–Crippen LogP) is 4.42. The third-order valence-electron chi connectivity index (χ3n) is 2.77. The van der Waals surface area contributed by atoms with Gasteiger partial charge in [0.05, 0.1) is 5.92 Å². The smallest absolute Gasteiger partial charge is 0.171 e. The SMILES string of the molecule is CC(C(F)(F)F)C(C)(I)C(C)(C)C. The summed E-state index contributed by atoms with van der Waals surface area (Å²) in [5, 5.41) is 0. The topological polar surface area (TPSA) is 0 Å². The number of rotatable bonds is 1. The zero-order chi connectivity index (χ0) is 11.1. The first-order chi connectivity index (χ1) is 5.40. The molecule has 0 amide bonds. The van der Waals surface area contributed by atoms with Crippen LogP contribution >= 0.6 is 22.6 Å². The minimum Gasteiger partial charge on any atom is -0.171 e. The monoisotopic (exact) mass is 308 g/mol.